The highest BCUT2D eigenvalue weighted by Gasteiger charge is 2.22. The lowest BCUT2D eigenvalue weighted by molar-refractivity contribution is -0.123. The van der Waals surface area contributed by atoms with Crippen LogP contribution in [0.5, 0.6) is 0 Å². The summed E-state index contributed by atoms with van der Waals surface area (Å²) in [6.45, 7) is 2.62. The highest BCUT2D eigenvalue weighted by molar-refractivity contribution is 7.98. The number of nitrogens with one attached hydrogen (secondary N) is 3. The Bertz CT molecular complexity index is 940. The molecular formula is C22H25Cl2N3O3S. The molecule has 0 fully saturated rings. The Morgan fingerprint density at radius 2 is 1.81 bits per heavy atom. The highest BCUT2D eigenvalue weighted by atomic mass is 35.5. The average Bonchev–Trinajstić information content (AvgIpc) is 2.75. The summed E-state index contributed by atoms with van der Waals surface area (Å²) >= 11 is 13.6. The van der Waals surface area contributed by atoms with Crippen molar-refractivity contribution in [1.29, 1.82) is 0 Å². The molecule has 1 unspecified atom stereocenters. The maximum absolute atomic E-state index is 12.8. The van der Waals surface area contributed by atoms with Crippen LogP contribution in [0.4, 0.5) is 0 Å². The van der Waals surface area contributed by atoms with Crippen LogP contribution in [0.15, 0.2) is 42.5 Å². The lowest BCUT2D eigenvalue weighted by Gasteiger charge is -2.19. The summed E-state index contributed by atoms with van der Waals surface area (Å²) in [5.74, 6) is -0.225. The van der Waals surface area contributed by atoms with E-state index in [-0.39, 0.29) is 28.9 Å². The van der Waals surface area contributed by atoms with Crippen LogP contribution >= 0.6 is 35.0 Å². The molecule has 0 aliphatic carbocycles. The number of thioether (sulfide) groups is 1. The molecule has 0 heterocycles. The third-order valence-corrected chi connectivity index (χ3v) is 5.59. The van der Waals surface area contributed by atoms with E-state index >= 15 is 0 Å². The van der Waals surface area contributed by atoms with Crippen LogP contribution in [0.1, 0.15) is 39.6 Å². The second-order valence-corrected chi connectivity index (χ2v) is 8.54. The van der Waals surface area contributed by atoms with Crippen LogP contribution < -0.4 is 16.0 Å². The van der Waals surface area contributed by atoms with Gasteiger partial charge in [0.1, 0.15) is 6.04 Å². The van der Waals surface area contributed by atoms with Gasteiger partial charge in [0, 0.05) is 23.7 Å². The maximum atomic E-state index is 12.8. The summed E-state index contributed by atoms with van der Waals surface area (Å²) in [4.78, 5) is 37.4. The van der Waals surface area contributed by atoms with Crippen LogP contribution in [-0.4, -0.2) is 42.3 Å². The molecule has 31 heavy (non-hydrogen) atoms. The van der Waals surface area contributed by atoms with Gasteiger partial charge in [-0.05, 0) is 61.2 Å². The Morgan fingerprint density at radius 1 is 1.03 bits per heavy atom. The molecule has 3 N–H and O–H groups in total. The largest absolute Gasteiger partial charge is 0.352 e. The molecule has 9 heteroatoms. The summed E-state index contributed by atoms with van der Waals surface area (Å²) < 4.78 is 0. The summed E-state index contributed by atoms with van der Waals surface area (Å²) in [6.07, 6.45) is 2.39. The van der Waals surface area contributed by atoms with E-state index in [1.165, 1.54) is 12.1 Å². The maximum Gasteiger partial charge on any atom is 0.253 e. The van der Waals surface area contributed by atoms with Crippen LogP contribution in [0, 0.1) is 0 Å². The van der Waals surface area contributed by atoms with Crippen molar-refractivity contribution in [3.8, 4) is 0 Å². The molecule has 2 aromatic rings. The topological polar surface area (TPSA) is 87.3 Å². The number of hydrogen-bond donors (Lipinski definition) is 3. The van der Waals surface area contributed by atoms with Gasteiger partial charge in [-0.1, -0.05) is 35.3 Å². The first-order valence-corrected chi connectivity index (χ1v) is 11.9. The molecular weight excluding hydrogens is 457 g/mol. The fraction of sp³-hybridized carbons (Fsp3) is 0.318. The fourth-order valence-corrected chi connectivity index (χ4v) is 3.78. The van der Waals surface area contributed by atoms with Gasteiger partial charge in [-0.2, -0.15) is 11.8 Å². The highest BCUT2D eigenvalue weighted by Crippen LogP contribution is 2.21. The van der Waals surface area contributed by atoms with Crippen molar-refractivity contribution in [2.75, 3.05) is 18.6 Å². The number of halogens is 2. The molecule has 0 bridgehead atoms. The molecule has 0 spiro atoms. The minimum Gasteiger partial charge on any atom is -0.352 e. The number of carbonyl (C=O) groups excluding carboxylic acids is 3. The van der Waals surface area contributed by atoms with Gasteiger partial charge in [-0.15, -0.1) is 0 Å². The second kappa shape index (κ2) is 12.6. The fourth-order valence-electron chi connectivity index (χ4n) is 2.81. The lowest BCUT2D eigenvalue weighted by atomic mass is 10.1. The normalized spacial score (nSPS) is 11.5. The Morgan fingerprint density at radius 3 is 2.48 bits per heavy atom. The molecule has 2 rings (SSSR count). The van der Waals surface area contributed by atoms with E-state index < -0.39 is 11.9 Å². The van der Waals surface area contributed by atoms with E-state index in [4.69, 9.17) is 23.2 Å². The van der Waals surface area contributed by atoms with Crippen LogP contribution in [0.25, 0.3) is 0 Å². The number of hydrogen-bond acceptors (Lipinski definition) is 4. The molecule has 166 valence electrons. The van der Waals surface area contributed by atoms with Crippen LogP contribution in [0.2, 0.25) is 10.0 Å². The second-order valence-electron chi connectivity index (χ2n) is 6.71. The van der Waals surface area contributed by atoms with Gasteiger partial charge < -0.3 is 16.0 Å². The molecule has 0 saturated heterocycles. The smallest absolute Gasteiger partial charge is 0.253 e. The van der Waals surface area contributed by atoms with Crippen molar-refractivity contribution in [2.45, 2.75) is 25.9 Å². The molecule has 6 nitrogen and oxygen atoms in total. The van der Waals surface area contributed by atoms with Gasteiger partial charge in [0.15, 0.2) is 0 Å². The molecule has 2 aromatic carbocycles. The number of carbonyl (C=O) groups is 3. The van der Waals surface area contributed by atoms with E-state index in [9.17, 15) is 14.4 Å². The van der Waals surface area contributed by atoms with Crippen molar-refractivity contribution >= 4 is 52.7 Å². The zero-order valence-electron chi connectivity index (χ0n) is 17.3. The monoisotopic (exact) mass is 481 g/mol. The quantitative estimate of drug-likeness (QED) is 0.479. The molecule has 0 aliphatic heterocycles. The summed E-state index contributed by atoms with van der Waals surface area (Å²) in [7, 11) is 0. The van der Waals surface area contributed by atoms with Gasteiger partial charge in [0.2, 0.25) is 5.91 Å². The summed E-state index contributed by atoms with van der Waals surface area (Å²) in [6, 6.07) is 10.9. The third-order valence-electron chi connectivity index (χ3n) is 4.40. The van der Waals surface area contributed by atoms with Crippen LogP contribution in [0.3, 0.4) is 0 Å². The average molecular weight is 482 g/mol. The molecule has 0 radical (unpaired) electrons. The van der Waals surface area contributed by atoms with Gasteiger partial charge >= 0.3 is 0 Å². The van der Waals surface area contributed by atoms with Crippen molar-refractivity contribution in [1.82, 2.24) is 16.0 Å². The van der Waals surface area contributed by atoms with Gasteiger partial charge in [-0.25, -0.2) is 0 Å². The predicted molar refractivity (Wildman–Crippen MR) is 127 cm³/mol. The van der Waals surface area contributed by atoms with Gasteiger partial charge in [0.05, 0.1) is 10.6 Å². The van der Waals surface area contributed by atoms with E-state index in [0.717, 1.165) is 5.56 Å². The predicted octanol–water partition coefficient (Wildman–Crippen LogP) is 3.91. The summed E-state index contributed by atoms with van der Waals surface area (Å²) in [5, 5.41) is 8.98. The van der Waals surface area contributed by atoms with Gasteiger partial charge in [0.25, 0.3) is 11.8 Å². The van der Waals surface area contributed by atoms with E-state index in [0.29, 0.717) is 29.3 Å². The lowest BCUT2D eigenvalue weighted by Crippen LogP contribution is -2.47. The van der Waals surface area contributed by atoms with E-state index in [2.05, 4.69) is 16.0 Å². The third kappa shape index (κ3) is 7.76. The zero-order valence-corrected chi connectivity index (χ0v) is 19.7. The molecule has 0 aromatic heterocycles. The first-order valence-electron chi connectivity index (χ1n) is 9.75. The van der Waals surface area contributed by atoms with Crippen LogP contribution in [-0.2, 0) is 11.3 Å². The van der Waals surface area contributed by atoms with Gasteiger partial charge in [-0.3, -0.25) is 14.4 Å². The molecule has 3 amide bonds. The van der Waals surface area contributed by atoms with E-state index in [1.54, 1.807) is 36.0 Å². The number of amides is 3. The molecule has 0 saturated carbocycles. The Labute approximate surface area is 196 Å². The standard InChI is InChI=1S/C22H25Cl2N3O3S/c1-3-25-20(28)15-6-4-5-14(11-15)13-26-22(30)19(9-10-31-2)27-21(29)17-8-7-16(23)12-18(17)24/h4-8,11-12,19H,3,9-10,13H2,1-2H3,(H,25,28)(H,26,30)(H,27,29). The van der Waals surface area contributed by atoms with Crippen molar-refractivity contribution in [2.24, 2.45) is 0 Å². The Kier molecular flexibility index (Phi) is 10.2. The Balaban J connectivity index is 2.05. The Hall–Kier alpha value is -2.22. The minimum absolute atomic E-state index is 0.166. The van der Waals surface area contributed by atoms with Crippen molar-refractivity contribution < 1.29 is 14.4 Å². The zero-order chi connectivity index (χ0) is 22.8. The summed E-state index contributed by atoms with van der Waals surface area (Å²) in [5.41, 5.74) is 1.56. The molecule has 0 aliphatic rings. The number of rotatable bonds is 10. The number of benzene rings is 2. The molecule has 1 atom stereocenters. The first-order chi connectivity index (χ1) is 14.8. The first kappa shape index (κ1) is 25.0. The van der Waals surface area contributed by atoms with Crippen molar-refractivity contribution in [3.63, 3.8) is 0 Å². The SMILES string of the molecule is CCNC(=O)c1cccc(CNC(=O)C(CCSC)NC(=O)c2ccc(Cl)cc2Cl)c1. The minimum atomic E-state index is -0.724. The van der Waals surface area contributed by atoms with E-state index in [1.807, 2.05) is 19.2 Å². The van der Waals surface area contributed by atoms with Crippen molar-refractivity contribution in [3.05, 3.63) is 69.2 Å².